The van der Waals surface area contributed by atoms with Gasteiger partial charge in [0.15, 0.2) is 11.4 Å². The van der Waals surface area contributed by atoms with E-state index in [2.05, 4.69) is 227 Å². The van der Waals surface area contributed by atoms with Crippen molar-refractivity contribution in [3.8, 4) is 39.6 Å². The van der Waals surface area contributed by atoms with Gasteiger partial charge in [0.25, 0.3) is 0 Å². The van der Waals surface area contributed by atoms with Crippen molar-refractivity contribution in [1.29, 1.82) is 0 Å². The summed E-state index contributed by atoms with van der Waals surface area (Å²) in [5.74, 6) is 1.50. The Morgan fingerprint density at radius 2 is 1.00 bits per heavy atom. The average molecular weight is 1070 g/mol. The standard InChI is InChI=1S/C74H75FN4O2/c1-70(2,3)47-33-34-76-65(41-47)79-63-32-31-58-57-25-20-26-60(75)68(57)81-69(58)66(63)59-30-29-54(43-64(59)79)80-53-22-18-21-52(42-53)77-44-78(62-28-17-16-27-61(62)77)67-55(45-35-48(71(4,5)6)39-49(36-45)72(7,8)9)23-19-24-56(67)46-37-50(73(10,11)12)40-51(38-46)74(13,14)15/h16-43H,44H2,1-15H3/i34D. The van der Waals surface area contributed by atoms with Gasteiger partial charge in [-0.3, -0.25) is 4.57 Å². The van der Waals surface area contributed by atoms with Crippen molar-refractivity contribution in [3.05, 3.63) is 204 Å². The quantitative estimate of drug-likeness (QED) is 0.159. The number of halogens is 1. The van der Waals surface area contributed by atoms with Gasteiger partial charge in [0.2, 0.25) is 0 Å². The Kier molecular flexibility index (Phi) is 12.2. The van der Waals surface area contributed by atoms with Crippen LogP contribution in [0.3, 0.4) is 0 Å². The number of hydrogen-bond donors (Lipinski definition) is 0. The summed E-state index contributed by atoms with van der Waals surface area (Å²) in [4.78, 5) is 9.76. The molecular formula is C74H75FN4O2. The van der Waals surface area contributed by atoms with Crippen molar-refractivity contribution in [2.75, 3.05) is 16.5 Å². The molecule has 0 fully saturated rings. The van der Waals surface area contributed by atoms with Gasteiger partial charge in [0.05, 0.1) is 34.9 Å². The molecule has 11 aromatic rings. The van der Waals surface area contributed by atoms with Crippen molar-refractivity contribution < 1.29 is 14.9 Å². The van der Waals surface area contributed by atoms with Gasteiger partial charge >= 0.3 is 0 Å². The molecule has 0 aliphatic carbocycles. The number of hydrogen-bond acceptors (Lipinski definition) is 5. The molecule has 1 aliphatic rings. The van der Waals surface area contributed by atoms with Gasteiger partial charge in [-0.25, -0.2) is 9.37 Å². The molecule has 0 N–H and O–H groups in total. The minimum Gasteiger partial charge on any atom is -0.457 e. The highest BCUT2D eigenvalue weighted by Gasteiger charge is 2.34. The molecule has 7 heteroatoms. The Morgan fingerprint density at radius 1 is 0.469 bits per heavy atom. The third kappa shape index (κ3) is 9.62. The molecule has 4 heterocycles. The number of para-hydroxylation sites is 4. The van der Waals surface area contributed by atoms with Gasteiger partial charge in [-0.2, -0.15) is 0 Å². The molecule has 0 spiro atoms. The van der Waals surface area contributed by atoms with Gasteiger partial charge in [-0.05, 0) is 133 Å². The predicted octanol–water partition coefficient (Wildman–Crippen LogP) is 21.1. The molecule has 0 saturated carbocycles. The number of rotatable bonds is 7. The lowest BCUT2D eigenvalue weighted by atomic mass is 9.77. The Bertz CT molecular complexity index is 4200. The average Bonchev–Trinajstić information content (AvgIpc) is 2.34. The first-order valence-corrected chi connectivity index (χ1v) is 28.6. The van der Waals surface area contributed by atoms with Crippen LogP contribution in [0.4, 0.5) is 27.1 Å². The number of anilines is 4. The number of furan rings is 1. The maximum atomic E-state index is 15.4. The fraction of sp³-hybridized carbons (Fsp3) is 0.284. The summed E-state index contributed by atoms with van der Waals surface area (Å²) in [5.41, 5.74) is 17.3. The molecule has 0 atom stereocenters. The predicted molar refractivity (Wildman–Crippen MR) is 339 cm³/mol. The van der Waals surface area contributed by atoms with Crippen molar-refractivity contribution in [2.24, 2.45) is 0 Å². The lowest BCUT2D eigenvalue weighted by Gasteiger charge is -2.31. The van der Waals surface area contributed by atoms with Gasteiger partial charge < -0.3 is 19.0 Å². The molecule has 6 nitrogen and oxygen atoms in total. The first-order valence-electron chi connectivity index (χ1n) is 29.1. The number of aromatic nitrogens is 2. The Morgan fingerprint density at radius 3 is 1.59 bits per heavy atom. The van der Waals surface area contributed by atoms with E-state index < -0.39 is 5.82 Å². The highest BCUT2D eigenvalue weighted by atomic mass is 19.1. The molecule has 12 rings (SSSR count). The lowest BCUT2D eigenvalue weighted by molar-refractivity contribution is 0.483. The Hall–Kier alpha value is -8.16. The van der Waals surface area contributed by atoms with E-state index in [4.69, 9.17) is 15.5 Å². The monoisotopic (exact) mass is 1070 g/mol. The third-order valence-electron chi connectivity index (χ3n) is 16.5. The molecule has 0 amide bonds. The van der Waals surface area contributed by atoms with Crippen molar-refractivity contribution in [3.63, 3.8) is 0 Å². The number of ether oxygens (including phenoxy) is 1. The summed E-state index contributed by atoms with van der Waals surface area (Å²) in [6.07, 6.45) is 0.170. The summed E-state index contributed by atoms with van der Waals surface area (Å²) < 4.78 is 39.7. The minimum absolute atomic E-state index is 0.0731. The summed E-state index contributed by atoms with van der Waals surface area (Å²) in [6, 6.07) is 57.6. The molecule has 8 aromatic carbocycles. The summed E-state index contributed by atoms with van der Waals surface area (Å²) in [7, 11) is 0. The second-order valence-corrected chi connectivity index (χ2v) is 27.5. The van der Waals surface area contributed by atoms with E-state index in [1.807, 2.05) is 42.5 Å². The zero-order valence-corrected chi connectivity index (χ0v) is 49.8. The molecule has 0 unspecified atom stereocenters. The van der Waals surface area contributed by atoms with Crippen LogP contribution in [0.25, 0.3) is 71.8 Å². The summed E-state index contributed by atoms with van der Waals surface area (Å²) >= 11 is 0. The molecule has 0 saturated heterocycles. The molecule has 3 aromatic heterocycles. The van der Waals surface area contributed by atoms with Crippen molar-refractivity contribution in [2.45, 2.75) is 131 Å². The third-order valence-corrected chi connectivity index (χ3v) is 16.5. The van der Waals surface area contributed by atoms with Gasteiger partial charge in [0, 0.05) is 51.3 Å². The zero-order valence-electron chi connectivity index (χ0n) is 50.8. The van der Waals surface area contributed by atoms with Crippen LogP contribution in [0.2, 0.25) is 0 Å². The van der Waals surface area contributed by atoms with Gasteiger partial charge in [0.1, 0.15) is 29.6 Å². The fourth-order valence-corrected chi connectivity index (χ4v) is 11.6. The number of nitrogens with zero attached hydrogens (tertiary/aromatic N) is 4. The largest absolute Gasteiger partial charge is 0.457 e. The fourth-order valence-electron chi connectivity index (χ4n) is 11.6. The van der Waals surface area contributed by atoms with Crippen LogP contribution in [-0.4, -0.2) is 16.2 Å². The number of benzene rings is 8. The van der Waals surface area contributed by atoms with Crippen LogP contribution in [0.5, 0.6) is 11.5 Å². The highest BCUT2D eigenvalue weighted by molar-refractivity contribution is 6.24. The van der Waals surface area contributed by atoms with Crippen LogP contribution in [0.1, 0.15) is 133 Å². The maximum Gasteiger partial charge on any atom is 0.171 e. The molecular weight excluding hydrogens is 996 g/mol. The normalized spacial score (nSPS) is 13.8. The van der Waals surface area contributed by atoms with E-state index in [9.17, 15) is 0 Å². The second kappa shape index (κ2) is 19.0. The van der Waals surface area contributed by atoms with Gasteiger partial charge in [-0.15, -0.1) is 0 Å². The topological polar surface area (TPSA) is 46.7 Å². The number of pyridine rings is 1. The lowest BCUT2D eigenvalue weighted by Crippen LogP contribution is -2.25. The zero-order chi connectivity index (χ0) is 58.2. The molecule has 81 heavy (non-hydrogen) atoms. The van der Waals surface area contributed by atoms with E-state index in [0.29, 0.717) is 35.0 Å². The Balaban J connectivity index is 0.996. The first kappa shape index (κ1) is 52.2. The van der Waals surface area contributed by atoms with Crippen LogP contribution < -0.4 is 14.5 Å². The smallest absolute Gasteiger partial charge is 0.171 e. The number of fused-ring (bicyclic) bond motifs is 8. The molecule has 0 radical (unpaired) electrons. The van der Waals surface area contributed by atoms with Crippen molar-refractivity contribution in [1.82, 2.24) is 9.55 Å². The van der Waals surface area contributed by atoms with Crippen LogP contribution in [0.15, 0.2) is 174 Å². The van der Waals surface area contributed by atoms with Crippen LogP contribution in [0, 0.1) is 5.82 Å². The van der Waals surface area contributed by atoms with E-state index in [1.165, 1.54) is 50.6 Å². The highest BCUT2D eigenvalue weighted by Crippen LogP contribution is 2.52. The summed E-state index contributed by atoms with van der Waals surface area (Å²) in [6.45, 7) is 34.8. The van der Waals surface area contributed by atoms with E-state index in [1.54, 1.807) is 6.07 Å². The van der Waals surface area contributed by atoms with Crippen LogP contribution >= 0.6 is 0 Å². The first-order chi connectivity index (χ1) is 38.6. The van der Waals surface area contributed by atoms with Crippen molar-refractivity contribution >= 4 is 66.5 Å². The molecule has 1 aliphatic heterocycles. The summed E-state index contributed by atoms with van der Waals surface area (Å²) in [5, 5.41) is 3.27. The molecule has 0 bridgehead atoms. The van der Waals surface area contributed by atoms with E-state index in [-0.39, 0.29) is 38.8 Å². The minimum atomic E-state index is -0.408. The Labute approximate surface area is 479 Å². The van der Waals surface area contributed by atoms with E-state index in [0.717, 1.165) is 55.5 Å². The SMILES string of the molecule is [2H]c1cc(C(C)(C)C)cc(-n2c3cc(Oc4cccc(N5CN(c6c(-c7cc(C(C)(C)C)cc(C(C)(C)C)c7)cccc6-c6cc(C(C)(C)C)cc(C(C)(C)C)c6)c6ccccc65)c4)ccc3c3c4oc5c(F)cccc5c4ccc32)n1. The second-order valence-electron chi connectivity index (χ2n) is 27.5. The molecule has 410 valence electrons. The van der Waals surface area contributed by atoms with Gasteiger partial charge in [-0.1, -0.05) is 189 Å². The van der Waals surface area contributed by atoms with Crippen LogP contribution in [-0.2, 0) is 27.1 Å². The maximum absolute atomic E-state index is 15.4. The van der Waals surface area contributed by atoms with E-state index >= 15 is 4.39 Å².